The SMILES string of the molecule is CCC(CCN(C)C)(c1ccccc1)n1ccc2ccccc21. The van der Waals surface area contributed by atoms with E-state index in [1.54, 1.807) is 0 Å². The molecule has 0 spiro atoms. The minimum Gasteiger partial charge on any atom is -0.337 e. The fourth-order valence-electron chi connectivity index (χ4n) is 3.57. The molecule has 0 saturated heterocycles. The van der Waals surface area contributed by atoms with Crippen LogP contribution >= 0.6 is 0 Å². The van der Waals surface area contributed by atoms with Crippen molar-refractivity contribution in [2.75, 3.05) is 20.6 Å². The molecule has 0 fully saturated rings. The third-order valence-electron chi connectivity index (χ3n) is 4.93. The van der Waals surface area contributed by atoms with Crippen molar-refractivity contribution in [3.05, 3.63) is 72.4 Å². The second kappa shape index (κ2) is 6.59. The summed E-state index contributed by atoms with van der Waals surface area (Å²) in [5, 5.41) is 1.31. The third kappa shape index (κ3) is 2.91. The number of aromatic nitrogens is 1. The van der Waals surface area contributed by atoms with Gasteiger partial charge in [-0.2, -0.15) is 0 Å². The van der Waals surface area contributed by atoms with Crippen molar-refractivity contribution in [2.24, 2.45) is 0 Å². The summed E-state index contributed by atoms with van der Waals surface area (Å²) in [4.78, 5) is 2.28. The molecule has 23 heavy (non-hydrogen) atoms. The highest BCUT2D eigenvalue weighted by molar-refractivity contribution is 5.80. The Balaban J connectivity index is 2.18. The van der Waals surface area contributed by atoms with E-state index in [0.717, 1.165) is 19.4 Å². The highest BCUT2D eigenvalue weighted by Gasteiger charge is 2.32. The van der Waals surface area contributed by atoms with Crippen molar-refractivity contribution in [3.63, 3.8) is 0 Å². The van der Waals surface area contributed by atoms with Crippen molar-refractivity contribution < 1.29 is 0 Å². The highest BCUT2D eigenvalue weighted by atomic mass is 15.1. The number of para-hydroxylation sites is 1. The van der Waals surface area contributed by atoms with Gasteiger partial charge in [-0.25, -0.2) is 0 Å². The summed E-state index contributed by atoms with van der Waals surface area (Å²) >= 11 is 0. The van der Waals surface area contributed by atoms with E-state index in [4.69, 9.17) is 0 Å². The van der Waals surface area contributed by atoms with Gasteiger partial charge in [-0.1, -0.05) is 55.5 Å². The van der Waals surface area contributed by atoms with E-state index in [1.807, 2.05) is 0 Å². The zero-order valence-corrected chi connectivity index (χ0v) is 14.4. The Labute approximate surface area is 139 Å². The summed E-state index contributed by atoms with van der Waals surface area (Å²) in [6, 6.07) is 21.9. The quantitative estimate of drug-likeness (QED) is 0.638. The van der Waals surface area contributed by atoms with Crippen molar-refractivity contribution in [1.29, 1.82) is 0 Å². The van der Waals surface area contributed by atoms with Gasteiger partial charge in [0, 0.05) is 18.3 Å². The second-order valence-corrected chi connectivity index (χ2v) is 6.55. The van der Waals surface area contributed by atoms with Gasteiger partial charge in [-0.15, -0.1) is 0 Å². The molecular formula is C21H26N2. The lowest BCUT2D eigenvalue weighted by Gasteiger charge is -2.37. The van der Waals surface area contributed by atoms with Gasteiger partial charge in [0.2, 0.25) is 0 Å². The number of hydrogen-bond donors (Lipinski definition) is 0. The van der Waals surface area contributed by atoms with Crippen LogP contribution in [-0.2, 0) is 5.54 Å². The normalized spacial score (nSPS) is 14.3. The maximum atomic E-state index is 2.49. The molecule has 3 aromatic rings. The Morgan fingerprint density at radius 1 is 0.913 bits per heavy atom. The second-order valence-electron chi connectivity index (χ2n) is 6.55. The molecule has 0 aliphatic rings. The maximum Gasteiger partial charge on any atom is 0.0706 e. The van der Waals surface area contributed by atoms with Crippen LogP contribution in [0.15, 0.2) is 66.9 Å². The van der Waals surface area contributed by atoms with Gasteiger partial charge in [0.15, 0.2) is 0 Å². The van der Waals surface area contributed by atoms with Crippen LogP contribution in [0.25, 0.3) is 10.9 Å². The summed E-state index contributed by atoms with van der Waals surface area (Å²) in [7, 11) is 4.30. The minimum absolute atomic E-state index is 0.00532. The number of hydrogen-bond acceptors (Lipinski definition) is 1. The largest absolute Gasteiger partial charge is 0.337 e. The van der Waals surface area contributed by atoms with Crippen LogP contribution < -0.4 is 0 Å². The molecule has 0 saturated carbocycles. The molecule has 0 radical (unpaired) electrons. The molecule has 2 heteroatoms. The van der Waals surface area contributed by atoms with E-state index < -0.39 is 0 Å². The molecule has 0 N–H and O–H groups in total. The van der Waals surface area contributed by atoms with Crippen LogP contribution in [-0.4, -0.2) is 30.1 Å². The molecule has 0 aliphatic heterocycles. The molecule has 1 heterocycles. The lowest BCUT2D eigenvalue weighted by atomic mass is 9.83. The number of fused-ring (bicyclic) bond motifs is 1. The van der Waals surface area contributed by atoms with Crippen LogP contribution in [0, 0.1) is 0 Å². The summed E-state index contributed by atoms with van der Waals surface area (Å²) in [6.45, 7) is 3.37. The fourth-order valence-corrected chi connectivity index (χ4v) is 3.57. The van der Waals surface area contributed by atoms with Crippen LogP contribution in [0.5, 0.6) is 0 Å². The molecule has 1 atom stereocenters. The van der Waals surface area contributed by atoms with Crippen molar-refractivity contribution in [2.45, 2.75) is 25.3 Å². The van der Waals surface area contributed by atoms with Crippen LogP contribution in [0.3, 0.4) is 0 Å². The lowest BCUT2D eigenvalue weighted by molar-refractivity contribution is 0.272. The Morgan fingerprint density at radius 3 is 2.30 bits per heavy atom. The predicted molar refractivity (Wildman–Crippen MR) is 98.9 cm³/mol. The van der Waals surface area contributed by atoms with Crippen LogP contribution in [0.4, 0.5) is 0 Å². The van der Waals surface area contributed by atoms with E-state index in [9.17, 15) is 0 Å². The predicted octanol–water partition coefficient (Wildman–Crippen LogP) is 4.75. The van der Waals surface area contributed by atoms with E-state index in [2.05, 4.69) is 97.3 Å². The third-order valence-corrected chi connectivity index (χ3v) is 4.93. The first-order valence-electron chi connectivity index (χ1n) is 8.44. The average Bonchev–Trinajstić information content (AvgIpc) is 3.01. The van der Waals surface area contributed by atoms with Gasteiger partial charge in [-0.3, -0.25) is 0 Å². The van der Waals surface area contributed by atoms with Crippen molar-refractivity contribution >= 4 is 10.9 Å². The molecule has 1 unspecified atom stereocenters. The molecule has 0 aliphatic carbocycles. The monoisotopic (exact) mass is 306 g/mol. The average molecular weight is 306 g/mol. The molecule has 2 nitrogen and oxygen atoms in total. The molecule has 120 valence electrons. The van der Waals surface area contributed by atoms with E-state index in [1.165, 1.54) is 16.5 Å². The molecule has 0 amide bonds. The lowest BCUT2D eigenvalue weighted by Crippen LogP contribution is -2.37. The summed E-state index contributed by atoms with van der Waals surface area (Å²) in [6.07, 6.45) is 4.43. The van der Waals surface area contributed by atoms with Gasteiger partial charge in [0.05, 0.1) is 5.54 Å². The standard InChI is InChI=1S/C21H26N2/c1-4-21(15-17-22(2)3,19-11-6-5-7-12-19)23-16-14-18-10-8-9-13-20(18)23/h5-14,16H,4,15,17H2,1-3H3. The van der Waals surface area contributed by atoms with E-state index in [0.29, 0.717) is 0 Å². The Morgan fingerprint density at radius 2 is 1.61 bits per heavy atom. The first kappa shape index (κ1) is 15.8. The first-order valence-corrected chi connectivity index (χ1v) is 8.44. The summed E-state index contributed by atoms with van der Waals surface area (Å²) in [5.74, 6) is 0. The van der Waals surface area contributed by atoms with Crippen molar-refractivity contribution in [3.8, 4) is 0 Å². The molecule has 1 aromatic heterocycles. The number of benzene rings is 2. The summed E-state index contributed by atoms with van der Waals surface area (Å²) in [5.41, 5.74) is 2.71. The van der Waals surface area contributed by atoms with Gasteiger partial charge in [0.1, 0.15) is 0 Å². The smallest absolute Gasteiger partial charge is 0.0706 e. The Hall–Kier alpha value is -2.06. The molecule has 2 aromatic carbocycles. The van der Waals surface area contributed by atoms with Gasteiger partial charge in [-0.05, 0) is 50.0 Å². The first-order chi connectivity index (χ1) is 11.2. The fraction of sp³-hybridized carbons (Fsp3) is 0.333. The Kier molecular flexibility index (Phi) is 4.53. The number of rotatable bonds is 6. The molecule has 0 bridgehead atoms. The van der Waals surface area contributed by atoms with Gasteiger partial charge < -0.3 is 9.47 Å². The molecular weight excluding hydrogens is 280 g/mol. The topological polar surface area (TPSA) is 8.17 Å². The van der Waals surface area contributed by atoms with Crippen molar-refractivity contribution in [1.82, 2.24) is 9.47 Å². The number of nitrogens with zero attached hydrogens (tertiary/aromatic N) is 2. The zero-order valence-electron chi connectivity index (χ0n) is 14.4. The van der Waals surface area contributed by atoms with Gasteiger partial charge >= 0.3 is 0 Å². The van der Waals surface area contributed by atoms with Crippen LogP contribution in [0.2, 0.25) is 0 Å². The van der Waals surface area contributed by atoms with E-state index in [-0.39, 0.29) is 5.54 Å². The Bertz CT molecular complexity index is 758. The highest BCUT2D eigenvalue weighted by Crippen LogP contribution is 2.37. The zero-order chi connectivity index (χ0) is 16.3. The molecule has 3 rings (SSSR count). The van der Waals surface area contributed by atoms with E-state index >= 15 is 0 Å². The van der Waals surface area contributed by atoms with Crippen LogP contribution in [0.1, 0.15) is 25.3 Å². The maximum absolute atomic E-state index is 2.49. The van der Waals surface area contributed by atoms with Gasteiger partial charge in [0.25, 0.3) is 0 Å². The summed E-state index contributed by atoms with van der Waals surface area (Å²) < 4.78 is 2.49. The minimum atomic E-state index is -0.00532.